The maximum atomic E-state index is 13.8. The molecule has 1 aromatic heterocycles. The molecule has 1 amide bonds. The van der Waals surface area contributed by atoms with Gasteiger partial charge in [0.1, 0.15) is 11.5 Å². The summed E-state index contributed by atoms with van der Waals surface area (Å²) in [6.07, 6.45) is 2.76. The Bertz CT molecular complexity index is 1340. The van der Waals surface area contributed by atoms with Crippen molar-refractivity contribution in [2.75, 3.05) is 45.4 Å². The number of anilines is 1. The molecule has 5 rings (SSSR count). The molecule has 0 bridgehead atoms. The number of hydrogen-bond donors (Lipinski definition) is 0. The zero-order valence-electron chi connectivity index (χ0n) is 21.0. The lowest BCUT2D eigenvalue weighted by molar-refractivity contribution is -0.123. The van der Waals surface area contributed by atoms with Crippen LogP contribution in [0, 0.1) is 5.92 Å². The van der Waals surface area contributed by atoms with Gasteiger partial charge in [-0.3, -0.25) is 9.69 Å². The predicted octanol–water partition coefficient (Wildman–Crippen LogP) is 3.93. The fourth-order valence-electron chi connectivity index (χ4n) is 4.85. The summed E-state index contributed by atoms with van der Waals surface area (Å²) < 4.78 is 45.0. The lowest BCUT2D eigenvalue weighted by Gasteiger charge is -2.33. The quantitative estimate of drug-likeness (QED) is 0.423. The van der Waals surface area contributed by atoms with Crippen molar-refractivity contribution >= 4 is 42.6 Å². The van der Waals surface area contributed by atoms with E-state index in [0.29, 0.717) is 36.9 Å². The molecule has 3 aromatic rings. The van der Waals surface area contributed by atoms with Gasteiger partial charge in [0.15, 0.2) is 5.13 Å². The van der Waals surface area contributed by atoms with Crippen molar-refractivity contribution in [3.05, 3.63) is 42.5 Å². The zero-order valence-corrected chi connectivity index (χ0v) is 22.6. The second kappa shape index (κ2) is 10.9. The van der Waals surface area contributed by atoms with E-state index in [1.165, 1.54) is 15.6 Å². The van der Waals surface area contributed by atoms with Crippen LogP contribution in [0.4, 0.5) is 5.13 Å². The zero-order chi connectivity index (χ0) is 26.0. The van der Waals surface area contributed by atoms with Gasteiger partial charge < -0.3 is 14.2 Å². The number of piperidine rings is 1. The molecule has 9 nitrogen and oxygen atoms in total. The van der Waals surface area contributed by atoms with Crippen LogP contribution in [0.3, 0.4) is 0 Å². The highest BCUT2D eigenvalue weighted by atomic mass is 32.2. The number of carbonyl (C=O) groups is 1. The molecule has 0 saturated carbocycles. The number of benzene rings is 2. The number of fused-ring (bicyclic) bond motifs is 1. The number of carbonyl (C=O) groups excluding carboxylic acids is 1. The monoisotopic (exact) mass is 545 g/mol. The molecule has 0 spiro atoms. The Hall–Kier alpha value is -2.73. The normalized spacial score (nSPS) is 19.2. The van der Waals surface area contributed by atoms with Crippen LogP contribution in [-0.4, -0.2) is 70.2 Å². The standard InChI is InChI=1S/C26H31N3O6S2/c1-33-19-5-8-22(9-6-19)37(31,32)28-13-11-18(12-14-28)25(30)29(17-21-4-3-15-35-21)26-27-23-10-7-20(34-2)16-24(23)36-26/h5-10,16,18,21H,3-4,11-15,17H2,1-2H3. The molecule has 2 fully saturated rings. The van der Waals surface area contributed by atoms with Crippen LogP contribution in [0.2, 0.25) is 0 Å². The molecule has 37 heavy (non-hydrogen) atoms. The molecular formula is C26H31N3O6S2. The van der Waals surface area contributed by atoms with Gasteiger partial charge in [0.2, 0.25) is 15.9 Å². The Morgan fingerprint density at radius 3 is 2.43 bits per heavy atom. The molecule has 2 aliphatic rings. The minimum absolute atomic E-state index is 0.0250. The number of amides is 1. The third-order valence-corrected chi connectivity index (χ3v) is 9.95. The minimum Gasteiger partial charge on any atom is -0.497 e. The van der Waals surface area contributed by atoms with Gasteiger partial charge in [-0.1, -0.05) is 11.3 Å². The molecule has 11 heteroatoms. The van der Waals surface area contributed by atoms with Gasteiger partial charge in [0, 0.05) is 25.6 Å². The van der Waals surface area contributed by atoms with E-state index in [0.717, 1.165) is 28.8 Å². The highest BCUT2D eigenvalue weighted by Gasteiger charge is 2.36. The van der Waals surface area contributed by atoms with E-state index in [1.807, 2.05) is 18.2 Å². The Morgan fingerprint density at radius 2 is 1.78 bits per heavy atom. The molecular weight excluding hydrogens is 514 g/mol. The third kappa shape index (κ3) is 5.45. The van der Waals surface area contributed by atoms with Crippen LogP contribution in [0.5, 0.6) is 11.5 Å². The van der Waals surface area contributed by atoms with E-state index in [1.54, 1.807) is 43.4 Å². The maximum Gasteiger partial charge on any atom is 0.243 e. The number of sulfonamides is 1. The van der Waals surface area contributed by atoms with E-state index < -0.39 is 10.0 Å². The Balaban J connectivity index is 1.32. The lowest BCUT2D eigenvalue weighted by atomic mass is 9.96. The van der Waals surface area contributed by atoms with Crippen molar-refractivity contribution in [2.24, 2.45) is 5.92 Å². The number of nitrogens with zero attached hydrogens (tertiary/aromatic N) is 3. The SMILES string of the molecule is COc1ccc(S(=O)(=O)N2CCC(C(=O)N(CC3CCCO3)c3nc4ccc(OC)cc4s3)CC2)cc1. The Kier molecular flexibility index (Phi) is 7.66. The second-order valence-electron chi connectivity index (χ2n) is 9.27. The van der Waals surface area contributed by atoms with Crippen molar-refractivity contribution in [3.63, 3.8) is 0 Å². The van der Waals surface area contributed by atoms with Gasteiger partial charge in [-0.15, -0.1) is 0 Å². The highest BCUT2D eigenvalue weighted by molar-refractivity contribution is 7.89. The van der Waals surface area contributed by atoms with Crippen molar-refractivity contribution in [1.82, 2.24) is 9.29 Å². The number of methoxy groups -OCH3 is 2. The maximum absolute atomic E-state index is 13.8. The average molecular weight is 546 g/mol. The van der Waals surface area contributed by atoms with Crippen LogP contribution in [0.1, 0.15) is 25.7 Å². The summed E-state index contributed by atoms with van der Waals surface area (Å²) in [5.41, 5.74) is 0.811. The summed E-state index contributed by atoms with van der Waals surface area (Å²) in [4.78, 5) is 20.5. The van der Waals surface area contributed by atoms with Crippen LogP contribution in [0.25, 0.3) is 10.2 Å². The molecule has 2 aromatic carbocycles. The van der Waals surface area contributed by atoms with Crippen molar-refractivity contribution < 1.29 is 27.4 Å². The Morgan fingerprint density at radius 1 is 1.08 bits per heavy atom. The Labute approximate surface area is 221 Å². The van der Waals surface area contributed by atoms with Crippen LogP contribution < -0.4 is 14.4 Å². The predicted molar refractivity (Wildman–Crippen MR) is 142 cm³/mol. The van der Waals surface area contributed by atoms with Crippen molar-refractivity contribution in [2.45, 2.75) is 36.7 Å². The van der Waals surface area contributed by atoms with Gasteiger partial charge in [-0.25, -0.2) is 13.4 Å². The third-order valence-electron chi connectivity index (χ3n) is 6.99. The molecule has 0 aliphatic carbocycles. The summed E-state index contributed by atoms with van der Waals surface area (Å²) in [7, 11) is -0.478. The lowest BCUT2D eigenvalue weighted by Crippen LogP contribution is -2.46. The van der Waals surface area contributed by atoms with Gasteiger partial charge in [-0.05, 0) is 68.1 Å². The molecule has 1 unspecified atom stereocenters. The summed E-state index contributed by atoms with van der Waals surface area (Å²) in [5, 5.41) is 0.636. The fourth-order valence-corrected chi connectivity index (χ4v) is 7.33. The first-order valence-electron chi connectivity index (χ1n) is 12.4. The minimum atomic E-state index is -3.64. The summed E-state index contributed by atoms with van der Waals surface area (Å²) >= 11 is 1.46. The summed E-state index contributed by atoms with van der Waals surface area (Å²) in [6.45, 7) is 1.72. The van der Waals surface area contributed by atoms with E-state index in [-0.39, 0.29) is 35.9 Å². The van der Waals surface area contributed by atoms with Crippen molar-refractivity contribution in [3.8, 4) is 11.5 Å². The molecule has 1 atom stereocenters. The topological polar surface area (TPSA) is 98.3 Å². The molecule has 3 heterocycles. The average Bonchev–Trinajstić information content (AvgIpc) is 3.60. The second-order valence-corrected chi connectivity index (χ2v) is 12.2. The van der Waals surface area contributed by atoms with Crippen molar-refractivity contribution in [1.29, 1.82) is 0 Å². The van der Waals surface area contributed by atoms with E-state index in [9.17, 15) is 13.2 Å². The first-order valence-corrected chi connectivity index (χ1v) is 14.7. The van der Waals surface area contributed by atoms with E-state index >= 15 is 0 Å². The number of ether oxygens (including phenoxy) is 3. The van der Waals surface area contributed by atoms with Gasteiger partial charge in [0.05, 0.1) is 42.0 Å². The van der Waals surface area contributed by atoms with Crippen LogP contribution in [0.15, 0.2) is 47.4 Å². The van der Waals surface area contributed by atoms with Crippen LogP contribution in [-0.2, 0) is 19.6 Å². The first-order chi connectivity index (χ1) is 17.9. The molecule has 0 radical (unpaired) electrons. The van der Waals surface area contributed by atoms with Crippen LogP contribution >= 0.6 is 11.3 Å². The first kappa shape index (κ1) is 25.9. The number of aromatic nitrogens is 1. The van der Waals surface area contributed by atoms with E-state index in [2.05, 4.69) is 0 Å². The van der Waals surface area contributed by atoms with Gasteiger partial charge >= 0.3 is 0 Å². The highest BCUT2D eigenvalue weighted by Crippen LogP contribution is 2.34. The number of hydrogen-bond acceptors (Lipinski definition) is 8. The molecule has 2 saturated heterocycles. The van der Waals surface area contributed by atoms with Gasteiger partial charge in [-0.2, -0.15) is 4.31 Å². The fraction of sp³-hybridized carbons (Fsp3) is 0.462. The number of rotatable bonds is 8. The summed E-state index contributed by atoms with van der Waals surface area (Å²) in [5.74, 6) is 1.03. The van der Waals surface area contributed by atoms with E-state index in [4.69, 9.17) is 19.2 Å². The van der Waals surface area contributed by atoms with Gasteiger partial charge in [0.25, 0.3) is 0 Å². The molecule has 2 aliphatic heterocycles. The smallest absolute Gasteiger partial charge is 0.243 e. The summed E-state index contributed by atoms with van der Waals surface area (Å²) in [6, 6.07) is 12.1. The largest absolute Gasteiger partial charge is 0.497 e. The molecule has 198 valence electrons. The molecule has 0 N–H and O–H groups in total. The number of thiazole rings is 1.